The fraction of sp³-hybridized carbons (Fsp3) is 0.280. The van der Waals surface area contributed by atoms with Crippen molar-refractivity contribution < 1.29 is 32.2 Å². The van der Waals surface area contributed by atoms with Crippen molar-refractivity contribution in [2.45, 2.75) is 6.18 Å². The number of rotatable bonds is 7. The number of anilines is 1. The van der Waals surface area contributed by atoms with Crippen LogP contribution in [0.15, 0.2) is 60.7 Å². The van der Waals surface area contributed by atoms with E-state index in [2.05, 4.69) is 10.2 Å². The highest BCUT2D eigenvalue weighted by atomic mass is 19.4. The zero-order valence-corrected chi connectivity index (χ0v) is 18.2. The highest BCUT2D eigenvalue weighted by Crippen LogP contribution is 2.31. The minimum absolute atomic E-state index is 0.111. The van der Waals surface area contributed by atoms with E-state index in [4.69, 9.17) is 9.47 Å². The van der Waals surface area contributed by atoms with E-state index >= 15 is 0 Å². The summed E-state index contributed by atoms with van der Waals surface area (Å²) in [4.78, 5) is 27.7. The van der Waals surface area contributed by atoms with Crippen molar-refractivity contribution in [3.63, 3.8) is 0 Å². The van der Waals surface area contributed by atoms with E-state index in [0.717, 1.165) is 31.8 Å². The van der Waals surface area contributed by atoms with Gasteiger partial charge in [-0.3, -0.25) is 14.5 Å². The number of alkyl halides is 3. The summed E-state index contributed by atoms with van der Waals surface area (Å²) < 4.78 is 50.1. The quantitative estimate of drug-likeness (QED) is 0.408. The number of hydrogen-bond donors (Lipinski definition) is 1. The standard InChI is InChI=1S/C25H23F3N2O4/c26-25(27,28)17-4-3-5-18(16-17)29-24(32)23(31)21-8-9-22(20-7-2-1-6-19(20)21)34-15-12-30-10-13-33-14-11-30/h1-9,16H,10-15H2,(H,29,32). The number of Topliss-reactive ketones (excluding diaryl/α,β-unsaturated/α-hetero) is 1. The highest BCUT2D eigenvalue weighted by Gasteiger charge is 2.30. The second-order valence-corrected chi connectivity index (χ2v) is 7.82. The smallest absolute Gasteiger partial charge is 0.416 e. The van der Waals surface area contributed by atoms with Crippen molar-refractivity contribution in [1.29, 1.82) is 0 Å². The molecule has 0 spiro atoms. The molecule has 1 amide bonds. The van der Waals surface area contributed by atoms with Gasteiger partial charge in [0.25, 0.3) is 11.7 Å². The largest absolute Gasteiger partial charge is 0.492 e. The first kappa shape index (κ1) is 23.7. The third kappa shape index (κ3) is 5.55. The molecule has 3 aromatic rings. The predicted molar refractivity (Wildman–Crippen MR) is 121 cm³/mol. The summed E-state index contributed by atoms with van der Waals surface area (Å²) in [5, 5.41) is 3.46. The first-order valence-corrected chi connectivity index (χ1v) is 10.8. The van der Waals surface area contributed by atoms with Crippen LogP contribution >= 0.6 is 0 Å². The summed E-state index contributed by atoms with van der Waals surface area (Å²) in [5.41, 5.74) is -0.886. The Hall–Kier alpha value is -3.43. The third-order valence-corrected chi connectivity index (χ3v) is 5.55. The van der Waals surface area contributed by atoms with Gasteiger partial charge in [0.15, 0.2) is 0 Å². The fourth-order valence-corrected chi connectivity index (χ4v) is 3.79. The van der Waals surface area contributed by atoms with Crippen molar-refractivity contribution >= 4 is 28.2 Å². The molecule has 3 aromatic carbocycles. The summed E-state index contributed by atoms with van der Waals surface area (Å²) in [5.74, 6) is -1.29. The van der Waals surface area contributed by atoms with Crippen LogP contribution in [0.1, 0.15) is 15.9 Å². The molecule has 1 fully saturated rings. The number of morpholine rings is 1. The number of benzene rings is 3. The maximum atomic E-state index is 12.9. The second-order valence-electron chi connectivity index (χ2n) is 7.82. The van der Waals surface area contributed by atoms with E-state index in [-0.39, 0.29) is 11.3 Å². The zero-order chi connectivity index (χ0) is 24.1. The van der Waals surface area contributed by atoms with Crippen molar-refractivity contribution in [3.8, 4) is 5.75 Å². The molecule has 1 N–H and O–H groups in total. The number of carbonyl (C=O) groups excluding carboxylic acids is 2. The molecule has 0 aliphatic carbocycles. The molecule has 9 heteroatoms. The minimum atomic E-state index is -4.56. The number of amides is 1. The van der Waals surface area contributed by atoms with Crippen molar-refractivity contribution in [3.05, 3.63) is 71.8 Å². The summed E-state index contributed by atoms with van der Waals surface area (Å²) >= 11 is 0. The molecule has 1 aliphatic heterocycles. The first-order valence-electron chi connectivity index (χ1n) is 10.8. The third-order valence-electron chi connectivity index (χ3n) is 5.55. The van der Waals surface area contributed by atoms with Gasteiger partial charge >= 0.3 is 6.18 Å². The number of ketones is 1. The maximum Gasteiger partial charge on any atom is 0.416 e. The lowest BCUT2D eigenvalue weighted by Gasteiger charge is -2.26. The molecule has 0 saturated carbocycles. The van der Waals surface area contributed by atoms with Crippen LogP contribution in [0.3, 0.4) is 0 Å². The van der Waals surface area contributed by atoms with E-state index in [9.17, 15) is 22.8 Å². The Balaban J connectivity index is 1.49. The lowest BCUT2D eigenvalue weighted by Crippen LogP contribution is -2.38. The number of fused-ring (bicyclic) bond motifs is 1. The van der Waals surface area contributed by atoms with Gasteiger partial charge in [-0.15, -0.1) is 0 Å². The molecule has 1 saturated heterocycles. The van der Waals surface area contributed by atoms with Crippen LogP contribution in [-0.4, -0.2) is 56.0 Å². The number of hydrogen-bond acceptors (Lipinski definition) is 5. The van der Waals surface area contributed by atoms with E-state index < -0.39 is 23.4 Å². The van der Waals surface area contributed by atoms with Crippen LogP contribution in [-0.2, 0) is 15.7 Å². The number of halogens is 3. The molecular weight excluding hydrogens is 449 g/mol. The van der Waals surface area contributed by atoms with Crippen molar-refractivity contribution in [1.82, 2.24) is 4.90 Å². The lowest BCUT2D eigenvalue weighted by molar-refractivity contribution is -0.137. The van der Waals surface area contributed by atoms with Crippen LogP contribution in [0.5, 0.6) is 5.75 Å². The Bertz CT molecular complexity index is 1190. The van der Waals surface area contributed by atoms with E-state index in [1.165, 1.54) is 18.2 Å². The number of nitrogens with zero attached hydrogens (tertiary/aromatic N) is 1. The van der Waals surface area contributed by atoms with Crippen LogP contribution in [0.4, 0.5) is 18.9 Å². The van der Waals surface area contributed by atoms with Gasteiger partial charge in [0.2, 0.25) is 0 Å². The van der Waals surface area contributed by atoms with Gasteiger partial charge < -0.3 is 14.8 Å². The van der Waals surface area contributed by atoms with E-state index in [1.807, 2.05) is 0 Å². The van der Waals surface area contributed by atoms with Gasteiger partial charge in [-0.1, -0.05) is 30.3 Å². The molecule has 0 bridgehead atoms. The molecule has 1 heterocycles. The van der Waals surface area contributed by atoms with Crippen LogP contribution in [0.2, 0.25) is 0 Å². The zero-order valence-electron chi connectivity index (χ0n) is 18.2. The molecule has 6 nitrogen and oxygen atoms in total. The van der Waals surface area contributed by atoms with Gasteiger partial charge in [-0.05, 0) is 35.7 Å². The number of ether oxygens (including phenoxy) is 2. The first-order chi connectivity index (χ1) is 16.3. The van der Waals surface area contributed by atoms with Gasteiger partial charge in [0.05, 0.1) is 18.8 Å². The molecule has 1 aliphatic rings. The fourth-order valence-electron chi connectivity index (χ4n) is 3.79. The number of carbonyl (C=O) groups is 2. The molecule has 4 rings (SSSR count). The molecule has 0 atom stereocenters. The Labute approximate surface area is 194 Å². The molecule has 0 unspecified atom stereocenters. The highest BCUT2D eigenvalue weighted by molar-refractivity contribution is 6.48. The second kappa shape index (κ2) is 10.2. The van der Waals surface area contributed by atoms with Gasteiger partial charge in [0.1, 0.15) is 12.4 Å². The average molecular weight is 472 g/mol. The molecule has 0 aromatic heterocycles. The summed E-state index contributed by atoms with van der Waals surface area (Å²) in [7, 11) is 0. The van der Waals surface area contributed by atoms with Gasteiger partial charge in [0, 0.05) is 36.3 Å². The van der Waals surface area contributed by atoms with Gasteiger partial charge in [-0.2, -0.15) is 13.2 Å². The molecule has 0 radical (unpaired) electrons. The molecule has 34 heavy (non-hydrogen) atoms. The van der Waals surface area contributed by atoms with Crippen molar-refractivity contribution in [2.75, 3.05) is 44.8 Å². The van der Waals surface area contributed by atoms with Crippen molar-refractivity contribution in [2.24, 2.45) is 0 Å². The predicted octanol–water partition coefficient (Wildman–Crippen LogP) is 4.39. The molecule has 178 valence electrons. The Morgan fingerprint density at radius 1 is 0.971 bits per heavy atom. The summed E-state index contributed by atoms with van der Waals surface area (Å²) in [6.07, 6.45) is -4.56. The Morgan fingerprint density at radius 3 is 2.44 bits per heavy atom. The average Bonchev–Trinajstić information content (AvgIpc) is 2.84. The topological polar surface area (TPSA) is 67.9 Å². The maximum absolute atomic E-state index is 12.9. The summed E-state index contributed by atoms with van der Waals surface area (Å²) in [6, 6.07) is 14.3. The SMILES string of the molecule is O=C(Nc1cccc(C(F)(F)F)c1)C(=O)c1ccc(OCCN2CCOCC2)c2ccccc12. The Morgan fingerprint density at radius 2 is 1.71 bits per heavy atom. The molecular formula is C25H23F3N2O4. The monoisotopic (exact) mass is 472 g/mol. The normalized spacial score (nSPS) is 14.7. The minimum Gasteiger partial charge on any atom is -0.492 e. The number of nitrogens with one attached hydrogen (secondary N) is 1. The lowest BCUT2D eigenvalue weighted by atomic mass is 10.00. The van der Waals surface area contributed by atoms with E-state index in [1.54, 1.807) is 30.3 Å². The summed E-state index contributed by atoms with van der Waals surface area (Å²) in [6.45, 7) is 4.27. The van der Waals surface area contributed by atoms with Crippen LogP contribution < -0.4 is 10.1 Å². The van der Waals surface area contributed by atoms with E-state index in [0.29, 0.717) is 36.3 Å². The Kier molecular flexibility index (Phi) is 7.14. The van der Waals surface area contributed by atoms with Crippen LogP contribution in [0.25, 0.3) is 10.8 Å². The van der Waals surface area contributed by atoms with Crippen LogP contribution in [0, 0.1) is 0 Å². The van der Waals surface area contributed by atoms with Gasteiger partial charge in [-0.25, -0.2) is 0 Å².